The molecule has 0 N–H and O–H groups in total. The summed E-state index contributed by atoms with van der Waals surface area (Å²) in [4.78, 5) is 28.1. The quantitative estimate of drug-likeness (QED) is 0.707. The number of thiophene rings is 1. The Balaban J connectivity index is 1.70. The highest BCUT2D eigenvalue weighted by atomic mass is 32.1. The van der Waals surface area contributed by atoms with Gasteiger partial charge in [0.15, 0.2) is 6.61 Å². The summed E-state index contributed by atoms with van der Waals surface area (Å²) in [6.07, 6.45) is 1.71. The van der Waals surface area contributed by atoms with Crippen molar-refractivity contribution in [1.82, 2.24) is 4.90 Å². The maximum Gasteiger partial charge on any atom is 0.348 e. The molecule has 1 aliphatic heterocycles. The number of benzene rings is 1. The maximum absolute atomic E-state index is 12.7. The van der Waals surface area contributed by atoms with Gasteiger partial charge in [0.1, 0.15) is 16.4 Å². The van der Waals surface area contributed by atoms with Gasteiger partial charge in [-0.25, -0.2) is 4.79 Å². The summed E-state index contributed by atoms with van der Waals surface area (Å²) < 4.78 is 16.0. The highest BCUT2D eigenvalue weighted by Crippen LogP contribution is 2.38. The number of amides is 1. The summed E-state index contributed by atoms with van der Waals surface area (Å²) in [6, 6.07) is 9.02. The molecule has 27 heavy (non-hydrogen) atoms. The van der Waals surface area contributed by atoms with E-state index in [0.29, 0.717) is 22.9 Å². The van der Waals surface area contributed by atoms with E-state index in [9.17, 15) is 9.59 Å². The van der Waals surface area contributed by atoms with E-state index < -0.39 is 5.97 Å². The van der Waals surface area contributed by atoms with Crippen LogP contribution in [-0.4, -0.2) is 44.1 Å². The molecule has 0 saturated carbocycles. The molecule has 144 valence electrons. The van der Waals surface area contributed by atoms with E-state index >= 15 is 0 Å². The first-order valence-electron chi connectivity index (χ1n) is 8.78. The zero-order chi connectivity index (χ0) is 19.4. The third-order valence-corrected chi connectivity index (χ3v) is 5.62. The van der Waals surface area contributed by atoms with Crippen molar-refractivity contribution in [2.45, 2.75) is 25.8 Å². The summed E-state index contributed by atoms with van der Waals surface area (Å²) in [6.45, 7) is 2.28. The van der Waals surface area contributed by atoms with Crippen LogP contribution in [0.4, 0.5) is 0 Å². The van der Waals surface area contributed by atoms with E-state index in [-0.39, 0.29) is 18.6 Å². The van der Waals surface area contributed by atoms with Crippen molar-refractivity contribution in [3.05, 3.63) is 45.6 Å². The molecule has 0 bridgehead atoms. The second-order valence-electron chi connectivity index (χ2n) is 6.34. The van der Waals surface area contributed by atoms with Crippen LogP contribution in [-0.2, 0) is 9.53 Å². The van der Waals surface area contributed by atoms with Crippen molar-refractivity contribution >= 4 is 23.2 Å². The van der Waals surface area contributed by atoms with Crippen LogP contribution in [0.2, 0.25) is 0 Å². The number of nitrogens with zero attached hydrogens (tertiary/aromatic N) is 1. The summed E-state index contributed by atoms with van der Waals surface area (Å²) in [5.41, 5.74) is 0.905. The molecular weight excluding hydrogens is 366 g/mol. The fourth-order valence-electron chi connectivity index (χ4n) is 3.31. The average molecular weight is 389 g/mol. The van der Waals surface area contributed by atoms with Gasteiger partial charge in [0.05, 0.1) is 20.3 Å². The molecular formula is C20H23NO5S. The molecule has 6 nitrogen and oxygen atoms in total. The van der Waals surface area contributed by atoms with Crippen LogP contribution in [0.25, 0.3) is 0 Å². The van der Waals surface area contributed by atoms with Crippen molar-refractivity contribution in [3.63, 3.8) is 0 Å². The molecule has 2 heterocycles. The molecule has 0 unspecified atom stereocenters. The van der Waals surface area contributed by atoms with Crippen molar-refractivity contribution in [1.29, 1.82) is 0 Å². The first-order chi connectivity index (χ1) is 13.0. The van der Waals surface area contributed by atoms with Crippen LogP contribution < -0.4 is 9.47 Å². The molecule has 1 fully saturated rings. The van der Waals surface area contributed by atoms with Gasteiger partial charge in [-0.15, -0.1) is 11.3 Å². The normalized spacial score (nSPS) is 16.3. The van der Waals surface area contributed by atoms with Gasteiger partial charge in [-0.05, 0) is 50.1 Å². The van der Waals surface area contributed by atoms with E-state index in [0.717, 1.165) is 23.3 Å². The monoisotopic (exact) mass is 389 g/mol. The van der Waals surface area contributed by atoms with Crippen LogP contribution in [0.5, 0.6) is 11.5 Å². The molecule has 1 aliphatic rings. The van der Waals surface area contributed by atoms with Gasteiger partial charge < -0.3 is 19.1 Å². The molecule has 2 aromatic rings. The van der Waals surface area contributed by atoms with Gasteiger partial charge >= 0.3 is 5.97 Å². The third-order valence-electron chi connectivity index (χ3n) is 4.64. The Kier molecular flexibility index (Phi) is 6.01. The first-order valence-corrected chi connectivity index (χ1v) is 9.60. The summed E-state index contributed by atoms with van der Waals surface area (Å²) in [5, 5.41) is 0. The average Bonchev–Trinajstić information content (AvgIpc) is 3.34. The lowest BCUT2D eigenvalue weighted by molar-refractivity contribution is -0.135. The first kappa shape index (κ1) is 19.2. The maximum atomic E-state index is 12.7. The number of ether oxygens (including phenoxy) is 3. The Morgan fingerprint density at radius 1 is 1.19 bits per heavy atom. The fourth-order valence-corrected chi connectivity index (χ4v) is 4.08. The van der Waals surface area contributed by atoms with Gasteiger partial charge in [0.2, 0.25) is 0 Å². The zero-order valence-electron chi connectivity index (χ0n) is 15.7. The SMILES string of the molecule is COc1ccc(OC)c([C@H]2CCCN2C(=O)COC(=O)c2ccc(C)s2)c1. The second kappa shape index (κ2) is 8.43. The topological polar surface area (TPSA) is 65.1 Å². The minimum atomic E-state index is -0.462. The van der Waals surface area contributed by atoms with E-state index in [2.05, 4.69) is 0 Å². The van der Waals surface area contributed by atoms with Gasteiger partial charge in [0, 0.05) is 17.0 Å². The predicted octanol–water partition coefficient (Wildman–Crippen LogP) is 3.59. The second-order valence-corrected chi connectivity index (χ2v) is 7.63. The minimum absolute atomic E-state index is 0.120. The molecule has 1 atom stereocenters. The van der Waals surface area contributed by atoms with Crippen LogP contribution in [0.15, 0.2) is 30.3 Å². The number of carbonyl (C=O) groups excluding carboxylic acids is 2. The Labute approximate surface area is 162 Å². The van der Waals surface area contributed by atoms with E-state index in [1.54, 1.807) is 25.2 Å². The third kappa shape index (κ3) is 4.24. The number of hydrogen-bond acceptors (Lipinski definition) is 6. The molecule has 0 spiro atoms. The Morgan fingerprint density at radius 3 is 2.67 bits per heavy atom. The van der Waals surface area contributed by atoms with E-state index in [1.807, 2.05) is 31.2 Å². The van der Waals surface area contributed by atoms with Crippen molar-refractivity contribution < 1.29 is 23.8 Å². The highest BCUT2D eigenvalue weighted by molar-refractivity contribution is 7.13. The molecule has 1 amide bonds. The van der Waals surface area contributed by atoms with Crippen LogP contribution in [0, 0.1) is 6.92 Å². The lowest BCUT2D eigenvalue weighted by Crippen LogP contribution is -2.34. The molecule has 1 aromatic carbocycles. The van der Waals surface area contributed by atoms with E-state index in [4.69, 9.17) is 14.2 Å². The van der Waals surface area contributed by atoms with Gasteiger partial charge in [0.25, 0.3) is 5.91 Å². The van der Waals surface area contributed by atoms with E-state index in [1.165, 1.54) is 11.3 Å². The van der Waals surface area contributed by atoms with Crippen molar-refractivity contribution in [2.75, 3.05) is 27.4 Å². The summed E-state index contributed by atoms with van der Waals surface area (Å²) >= 11 is 1.36. The number of rotatable bonds is 6. The largest absolute Gasteiger partial charge is 0.497 e. The minimum Gasteiger partial charge on any atom is -0.497 e. The molecule has 0 aliphatic carbocycles. The molecule has 0 radical (unpaired) electrons. The van der Waals surface area contributed by atoms with Gasteiger partial charge in [-0.2, -0.15) is 0 Å². The van der Waals surface area contributed by atoms with Gasteiger partial charge in [-0.3, -0.25) is 4.79 Å². The number of aryl methyl sites for hydroxylation is 1. The van der Waals surface area contributed by atoms with Crippen LogP contribution >= 0.6 is 11.3 Å². The molecule has 7 heteroatoms. The smallest absolute Gasteiger partial charge is 0.348 e. The number of hydrogen-bond donors (Lipinski definition) is 0. The summed E-state index contributed by atoms with van der Waals surface area (Å²) in [5.74, 6) is 0.760. The van der Waals surface area contributed by atoms with Gasteiger partial charge in [-0.1, -0.05) is 0 Å². The molecule has 3 rings (SSSR count). The lowest BCUT2D eigenvalue weighted by Gasteiger charge is -2.26. The number of esters is 1. The standard InChI is InChI=1S/C20H23NO5S/c1-13-6-9-18(27-13)20(23)26-12-19(22)21-10-4-5-16(21)15-11-14(24-2)7-8-17(15)25-3/h6-9,11,16H,4-5,10,12H2,1-3H3/t16-/m1/s1. The Bertz CT molecular complexity index is 832. The highest BCUT2D eigenvalue weighted by Gasteiger charge is 2.32. The lowest BCUT2D eigenvalue weighted by atomic mass is 10.0. The van der Waals surface area contributed by atoms with Crippen molar-refractivity contribution in [3.8, 4) is 11.5 Å². The number of carbonyl (C=O) groups is 2. The fraction of sp³-hybridized carbons (Fsp3) is 0.400. The van der Waals surface area contributed by atoms with Crippen LogP contribution in [0.3, 0.4) is 0 Å². The Hall–Kier alpha value is -2.54. The zero-order valence-corrected chi connectivity index (χ0v) is 16.5. The molecule has 1 aromatic heterocycles. The predicted molar refractivity (Wildman–Crippen MR) is 103 cm³/mol. The molecule has 1 saturated heterocycles. The number of methoxy groups -OCH3 is 2. The number of likely N-dealkylation sites (tertiary alicyclic amines) is 1. The van der Waals surface area contributed by atoms with Crippen LogP contribution in [0.1, 0.15) is 39.0 Å². The van der Waals surface area contributed by atoms with Crippen molar-refractivity contribution in [2.24, 2.45) is 0 Å². The Morgan fingerprint density at radius 2 is 2.00 bits per heavy atom. The summed E-state index contributed by atoms with van der Waals surface area (Å²) in [7, 11) is 3.21.